The molecule has 1 aliphatic heterocycles. The number of aromatic nitrogens is 2. The molecule has 1 aromatic carbocycles. The fraction of sp³-hybridized carbons (Fsp3) is 0.429. The minimum atomic E-state index is 0.496. The summed E-state index contributed by atoms with van der Waals surface area (Å²) >= 11 is 0. The summed E-state index contributed by atoms with van der Waals surface area (Å²) in [5, 5.41) is 12.5. The van der Waals surface area contributed by atoms with Gasteiger partial charge >= 0.3 is 0 Å². The fourth-order valence-corrected chi connectivity index (χ4v) is 3.56. The Kier molecular flexibility index (Phi) is 5.12. The van der Waals surface area contributed by atoms with Gasteiger partial charge in [0, 0.05) is 32.1 Å². The molecule has 6 heteroatoms. The number of rotatable bonds is 5. The number of hydrogen-bond acceptors (Lipinski definition) is 6. The van der Waals surface area contributed by atoms with Gasteiger partial charge in [0.2, 0.25) is 0 Å². The van der Waals surface area contributed by atoms with Crippen LogP contribution in [0.15, 0.2) is 35.6 Å². The van der Waals surface area contributed by atoms with E-state index < -0.39 is 0 Å². The number of aliphatic imine (C=N–C) groups is 1. The molecule has 1 aliphatic carbocycles. The number of piperazine rings is 1. The van der Waals surface area contributed by atoms with Crippen molar-refractivity contribution in [2.45, 2.75) is 26.3 Å². The summed E-state index contributed by atoms with van der Waals surface area (Å²) in [6, 6.07) is 9.89. The maximum Gasteiger partial charge on any atom is 0.141 e. The molecule has 0 unspecified atom stereocenters. The molecule has 138 valence electrons. The van der Waals surface area contributed by atoms with E-state index in [9.17, 15) is 0 Å². The van der Waals surface area contributed by atoms with Crippen LogP contribution >= 0.6 is 0 Å². The normalized spacial score (nSPS) is 17.6. The van der Waals surface area contributed by atoms with Gasteiger partial charge in [0.1, 0.15) is 12.1 Å². The lowest BCUT2D eigenvalue weighted by molar-refractivity contribution is 0.584. The molecule has 0 bridgehead atoms. The van der Waals surface area contributed by atoms with Crippen LogP contribution in [-0.2, 0) is 6.54 Å². The van der Waals surface area contributed by atoms with Crippen molar-refractivity contribution >= 4 is 11.5 Å². The molecule has 0 atom stereocenters. The smallest absolute Gasteiger partial charge is 0.141 e. The average Bonchev–Trinajstić information content (AvgIpc) is 3.55. The Morgan fingerprint density at radius 2 is 2.11 bits per heavy atom. The van der Waals surface area contributed by atoms with Crippen LogP contribution in [0, 0.1) is 24.2 Å². The lowest BCUT2D eigenvalue weighted by atomic mass is 10.0. The first kappa shape index (κ1) is 17.6. The van der Waals surface area contributed by atoms with Gasteiger partial charge < -0.3 is 10.2 Å². The van der Waals surface area contributed by atoms with Gasteiger partial charge in [-0.25, -0.2) is 9.97 Å². The number of benzene rings is 1. The Hall–Kier alpha value is -2.78. The number of anilines is 1. The summed E-state index contributed by atoms with van der Waals surface area (Å²) in [5.74, 6) is 1.51. The van der Waals surface area contributed by atoms with Crippen LogP contribution in [0.2, 0.25) is 0 Å². The van der Waals surface area contributed by atoms with Crippen LogP contribution in [0.5, 0.6) is 0 Å². The third kappa shape index (κ3) is 3.99. The van der Waals surface area contributed by atoms with Crippen LogP contribution in [0.3, 0.4) is 0 Å². The second-order valence-electron chi connectivity index (χ2n) is 7.18. The molecule has 4 rings (SSSR count). The lowest BCUT2D eigenvalue weighted by Crippen LogP contribution is -2.44. The van der Waals surface area contributed by atoms with E-state index in [-0.39, 0.29) is 0 Å². The van der Waals surface area contributed by atoms with Crippen LogP contribution < -0.4 is 10.2 Å². The van der Waals surface area contributed by atoms with Crippen LogP contribution in [0.1, 0.15) is 35.2 Å². The Morgan fingerprint density at radius 3 is 2.85 bits per heavy atom. The first-order valence-electron chi connectivity index (χ1n) is 9.57. The third-order valence-electron chi connectivity index (χ3n) is 5.14. The summed E-state index contributed by atoms with van der Waals surface area (Å²) < 4.78 is 0. The largest absolute Gasteiger partial charge is 0.353 e. The van der Waals surface area contributed by atoms with Crippen molar-refractivity contribution < 1.29 is 0 Å². The van der Waals surface area contributed by atoms with Crippen LogP contribution in [-0.4, -0.2) is 41.9 Å². The van der Waals surface area contributed by atoms with Crippen molar-refractivity contribution in [1.29, 1.82) is 5.26 Å². The molecule has 1 aromatic heterocycles. The van der Waals surface area contributed by atoms with Crippen molar-refractivity contribution in [3.05, 3.63) is 53.0 Å². The molecule has 0 amide bonds. The molecule has 1 saturated heterocycles. The molecule has 6 nitrogen and oxygen atoms in total. The lowest BCUT2D eigenvalue weighted by Gasteiger charge is -2.30. The van der Waals surface area contributed by atoms with Crippen molar-refractivity contribution in [3.8, 4) is 6.07 Å². The van der Waals surface area contributed by atoms with Gasteiger partial charge in [0.15, 0.2) is 0 Å². The first-order chi connectivity index (χ1) is 13.3. The van der Waals surface area contributed by atoms with Crippen LogP contribution in [0.25, 0.3) is 0 Å². The molecular formula is C21H24N6. The first-order valence-corrected chi connectivity index (χ1v) is 9.57. The molecule has 2 heterocycles. The maximum atomic E-state index is 9.12. The van der Waals surface area contributed by atoms with E-state index in [4.69, 9.17) is 10.3 Å². The van der Waals surface area contributed by atoms with E-state index in [1.165, 1.54) is 12.8 Å². The van der Waals surface area contributed by atoms with Gasteiger partial charge in [-0.3, -0.25) is 4.99 Å². The Bertz CT molecular complexity index is 888. The SMILES string of the molecule is Cc1ncnc(N2CCNCC2)c1C(=NCc1cccc(C#N)c1)C1CC1. The molecule has 1 N–H and O–H groups in total. The van der Waals surface area contributed by atoms with E-state index in [1.807, 2.05) is 24.3 Å². The number of aryl methyl sites for hydroxylation is 1. The fourth-order valence-electron chi connectivity index (χ4n) is 3.56. The quantitative estimate of drug-likeness (QED) is 0.829. The summed E-state index contributed by atoms with van der Waals surface area (Å²) in [7, 11) is 0. The standard InChI is InChI=1S/C21H24N6/c1-15-19(21(26-14-25-15)27-9-7-23-8-10-27)20(18-5-6-18)24-13-17-4-2-3-16(11-17)12-22/h2-4,11,14,18,23H,5-10,13H2,1H3. The highest BCUT2D eigenvalue weighted by Gasteiger charge is 2.32. The van der Waals surface area contributed by atoms with Crippen molar-refractivity contribution in [1.82, 2.24) is 15.3 Å². The van der Waals surface area contributed by atoms with Crippen LogP contribution in [0.4, 0.5) is 5.82 Å². The summed E-state index contributed by atoms with van der Waals surface area (Å²) in [4.78, 5) is 16.5. The number of nitriles is 1. The Balaban J connectivity index is 1.69. The topological polar surface area (TPSA) is 77.2 Å². The van der Waals surface area contributed by atoms with Gasteiger partial charge in [-0.2, -0.15) is 5.26 Å². The summed E-state index contributed by atoms with van der Waals surface area (Å²) in [6.45, 7) is 6.48. The minimum absolute atomic E-state index is 0.496. The van der Waals surface area contributed by atoms with Crippen molar-refractivity contribution in [3.63, 3.8) is 0 Å². The second kappa shape index (κ2) is 7.85. The van der Waals surface area contributed by atoms with E-state index in [0.29, 0.717) is 18.0 Å². The van der Waals surface area contributed by atoms with E-state index in [2.05, 4.69) is 33.2 Å². The van der Waals surface area contributed by atoms with Gasteiger partial charge in [-0.05, 0) is 37.5 Å². The highest BCUT2D eigenvalue weighted by molar-refractivity contribution is 6.08. The molecule has 0 spiro atoms. The number of nitrogens with zero attached hydrogens (tertiary/aromatic N) is 5. The number of hydrogen-bond donors (Lipinski definition) is 1. The minimum Gasteiger partial charge on any atom is -0.353 e. The zero-order valence-corrected chi connectivity index (χ0v) is 15.6. The van der Waals surface area contributed by atoms with E-state index >= 15 is 0 Å². The molecule has 2 aliphatic rings. The molecule has 1 saturated carbocycles. The van der Waals surface area contributed by atoms with E-state index in [1.54, 1.807) is 6.33 Å². The summed E-state index contributed by atoms with van der Waals surface area (Å²) in [5.41, 5.74) is 4.97. The highest BCUT2D eigenvalue weighted by Crippen LogP contribution is 2.36. The summed E-state index contributed by atoms with van der Waals surface area (Å²) in [6.07, 6.45) is 4.01. The third-order valence-corrected chi connectivity index (χ3v) is 5.14. The zero-order chi connectivity index (χ0) is 18.6. The van der Waals surface area contributed by atoms with E-state index in [0.717, 1.165) is 54.5 Å². The Labute approximate surface area is 160 Å². The number of nitrogens with one attached hydrogen (secondary N) is 1. The Morgan fingerprint density at radius 1 is 1.30 bits per heavy atom. The second-order valence-corrected chi connectivity index (χ2v) is 7.18. The molecule has 2 aromatic rings. The van der Waals surface area contributed by atoms with Crippen molar-refractivity contribution in [2.24, 2.45) is 10.9 Å². The van der Waals surface area contributed by atoms with Gasteiger partial charge in [-0.1, -0.05) is 12.1 Å². The molecule has 2 fully saturated rings. The van der Waals surface area contributed by atoms with Gasteiger partial charge in [-0.15, -0.1) is 0 Å². The highest BCUT2D eigenvalue weighted by atomic mass is 15.2. The molecule has 27 heavy (non-hydrogen) atoms. The molecule has 0 radical (unpaired) electrons. The van der Waals surface area contributed by atoms with Crippen molar-refractivity contribution in [2.75, 3.05) is 31.1 Å². The maximum absolute atomic E-state index is 9.12. The predicted molar refractivity (Wildman–Crippen MR) is 106 cm³/mol. The average molecular weight is 360 g/mol. The molecular weight excluding hydrogens is 336 g/mol. The zero-order valence-electron chi connectivity index (χ0n) is 15.6. The monoisotopic (exact) mass is 360 g/mol. The predicted octanol–water partition coefficient (Wildman–Crippen LogP) is 2.47. The van der Waals surface area contributed by atoms with Gasteiger partial charge in [0.05, 0.1) is 35.1 Å². The van der Waals surface area contributed by atoms with Gasteiger partial charge in [0.25, 0.3) is 0 Å².